The molecule has 16 heavy (non-hydrogen) atoms. The number of rotatable bonds is 2. The van der Waals surface area contributed by atoms with Crippen molar-refractivity contribution >= 4 is 5.69 Å². The zero-order valence-corrected chi connectivity index (χ0v) is 9.65. The number of nitrogens with one attached hydrogen (secondary N) is 1. The highest BCUT2D eigenvalue weighted by Gasteiger charge is 2.23. The second kappa shape index (κ2) is 4.42. The Morgan fingerprint density at radius 2 is 2.50 bits per heavy atom. The van der Waals surface area contributed by atoms with Gasteiger partial charge in [-0.1, -0.05) is 0 Å². The minimum Gasteiger partial charge on any atom is -0.369 e. The number of hydrogen-bond donors (Lipinski definition) is 1. The van der Waals surface area contributed by atoms with Crippen molar-refractivity contribution in [2.75, 3.05) is 31.1 Å². The van der Waals surface area contributed by atoms with E-state index in [1.807, 2.05) is 6.20 Å². The lowest BCUT2D eigenvalue weighted by molar-refractivity contribution is 0.378. The Kier molecular flexibility index (Phi) is 2.79. The van der Waals surface area contributed by atoms with Gasteiger partial charge in [-0.05, 0) is 44.0 Å². The molecule has 1 N–H and O–H groups in total. The van der Waals surface area contributed by atoms with E-state index < -0.39 is 0 Å². The fourth-order valence-corrected chi connectivity index (χ4v) is 2.85. The van der Waals surface area contributed by atoms with Gasteiger partial charge in [0.1, 0.15) is 0 Å². The molecule has 0 radical (unpaired) electrons. The summed E-state index contributed by atoms with van der Waals surface area (Å²) < 4.78 is 0. The van der Waals surface area contributed by atoms with Crippen molar-refractivity contribution < 1.29 is 0 Å². The summed E-state index contributed by atoms with van der Waals surface area (Å²) in [4.78, 5) is 6.96. The Labute approximate surface area is 96.9 Å². The van der Waals surface area contributed by atoms with Crippen molar-refractivity contribution in [3.63, 3.8) is 0 Å². The largest absolute Gasteiger partial charge is 0.369 e. The Morgan fingerprint density at radius 1 is 1.50 bits per heavy atom. The molecule has 86 valence electrons. The van der Waals surface area contributed by atoms with Gasteiger partial charge in [-0.25, -0.2) is 0 Å². The van der Waals surface area contributed by atoms with Crippen LogP contribution in [0.5, 0.6) is 0 Å². The summed E-state index contributed by atoms with van der Waals surface area (Å²) in [5, 5.41) is 3.49. The normalized spacial score (nSPS) is 24.5. The number of pyridine rings is 1. The maximum absolute atomic E-state index is 4.45. The smallest absolute Gasteiger partial charge is 0.0654 e. The summed E-state index contributed by atoms with van der Waals surface area (Å²) in [5.74, 6) is 0.819. The Hall–Kier alpha value is -1.09. The van der Waals surface area contributed by atoms with E-state index in [2.05, 4.69) is 27.3 Å². The van der Waals surface area contributed by atoms with Gasteiger partial charge in [0.25, 0.3) is 0 Å². The van der Waals surface area contributed by atoms with E-state index in [1.54, 1.807) is 0 Å². The molecule has 3 heterocycles. The van der Waals surface area contributed by atoms with Crippen LogP contribution in [0.2, 0.25) is 0 Å². The summed E-state index contributed by atoms with van der Waals surface area (Å²) in [6, 6.07) is 4.27. The van der Waals surface area contributed by atoms with Gasteiger partial charge in [-0.15, -0.1) is 0 Å². The number of aromatic nitrogens is 1. The van der Waals surface area contributed by atoms with Gasteiger partial charge in [0.15, 0.2) is 0 Å². The van der Waals surface area contributed by atoms with Crippen LogP contribution >= 0.6 is 0 Å². The molecule has 0 aromatic carbocycles. The van der Waals surface area contributed by atoms with Gasteiger partial charge in [-0.3, -0.25) is 4.98 Å². The van der Waals surface area contributed by atoms with Gasteiger partial charge in [0, 0.05) is 25.7 Å². The van der Waals surface area contributed by atoms with Crippen LogP contribution in [0.25, 0.3) is 0 Å². The first kappa shape index (κ1) is 10.1. The molecule has 2 aliphatic rings. The Bertz CT molecular complexity index is 358. The van der Waals surface area contributed by atoms with E-state index in [4.69, 9.17) is 0 Å². The maximum atomic E-state index is 4.45. The summed E-state index contributed by atoms with van der Waals surface area (Å²) in [7, 11) is 0. The quantitative estimate of drug-likeness (QED) is 0.812. The monoisotopic (exact) mass is 217 g/mol. The van der Waals surface area contributed by atoms with Crippen molar-refractivity contribution in [3.8, 4) is 0 Å². The summed E-state index contributed by atoms with van der Waals surface area (Å²) >= 11 is 0. The van der Waals surface area contributed by atoms with Crippen LogP contribution in [-0.4, -0.2) is 31.2 Å². The molecule has 1 saturated heterocycles. The predicted octanol–water partition coefficient (Wildman–Crippen LogP) is 1.44. The highest BCUT2D eigenvalue weighted by molar-refractivity contribution is 5.54. The van der Waals surface area contributed by atoms with Gasteiger partial charge in [0.2, 0.25) is 0 Å². The van der Waals surface area contributed by atoms with Gasteiger partial charge in [0.05, 0.1) is 11.4 Å². The number of hydrogen-bond acceptors (Lipinski definition) is 3. The lowest BCUT2D eigenvalue weighted by Crippen LogP contribution is -2.37. The van der Waals surface area contributed by atoms with E-state index in [9.17, 15) is 0 Å². The number of piperidine rings is 1. The molecule has 1 aromatic heterocycles. The molecule has 0 amide bonds. The zero-order valence-electron chi connectivity index (χ0n) is 9.65. The van der Waals surface area contributed by atoms with Gasteiger partial charge < -0.3 is 10.2 Å². The van der Waals surface area contributed by atoms with Crippen molar-refractivity contribution in [1.82, 2.24) is 10.3 Å². The van der Waals surface area contributed by atoms with Crippen molar-refractivity contribution in [1.29, 1.82) is 0 Å². The minimum atomic E-state index is 0.819. The Morgan fingerprint density at radius 3 is 3.38 bits per heavy atom. The van der Waals surface area contributed by atoms with Crippen molar-refractivity contribution in [3.05, 3.63) is 24.0 Å². The summed E-state index contributed by atoms with van der Waals surface area (Å²) in [5.41, 5.74) is 2.65. The second-order valence-electron chi connectivity index (χ2n) is 4.88. The molecule has 1 fully saturated rings. The Balaban J connectivity index is 1.68. The van der Waals surface area contributed by atoms with Crippen LogP contribution in [0.4, 0.5) is 5.69 Å². The van der Waals surface area contributed by atoms with Gasteiger partial charge in [-0.2, -0.15) is 0 Å². The molecule has 3 heteroatoms. The third kappa shape index (κ3) is 1.92. The maximum Gasteiger partial charge on any atom is 0.0654 e. The number of nitrogens with zero attached hydrogens (tertiary/aromatic N) is 2. The third-order valence-electron chi connectivity index (χ3n) is 3.70. The van der Waals surface area contributed by atoms with Crippen LogP contribution in [0.1, 0.15) is 18.5 Å². The van der Waals surface area contributed by atoms with Crippen LogP contribution in [-0.2, 0) is 6.42 Å². The van der Waals surface area contributed by atoms with E-state index in [-0.39, 0.29) is 0 Å². The van der Waals surface area contributed by atoms with Gasteiger partial charge >= 0.3 is 0 Å². The van der Waals surface area contributed by atoms with Crippen LogP contribution in [0, 0.1) is 5.92 Å². The minimum absolute atomic E-state index is 0.819. The lowest BCUT2D eigenvalue weighted by Gasteiger charge is -2.28. The molecular weight excluding hydrogens is 198 g/mol. The molecule has 1 atom stereocenters. The average molecular weight is 217 g/mol. The topological polar surface area (TPSA) is 28.2 Å². The highest BCUT2D eigenvalue weighted by Crippen LogP contribution is 2.27. The number of anilines is 1. The molecule has 1 unspecified atom stereocenters. The molecular formula is C13H19N3. The van der Waals surface area contributed by atoms with E-state index in [1.165, 1.54) is 43.9 Å². The van der Waals surface area contributed by atoms with E-state index >= 15 is 0 Å². The molecule has 0 bridgehead atoms. The first-order valence-electron chi connectivity index (χ1n) is 6.33. The molecule has 0 aliphatic carbocycles. The lowest BCUT2D eigenvalue weighted by atomic mass is 9.99. The first-order chi connectivity index (χ1) is 7.93. The highest BCUT2D eigenvalue weighted by atomic mass is 15.2. The van der Waals surface area contributed by atoms with Crippen LogP contribution < -0.4 is 10.2 Å². The fourth-order valence-electron chi connectivity index (χ4n) is 2.85. The molecule has 3 rings (SSSR count). The average Bonchev–Trinajstić information content (AvgIpc) is 2.74. The second-order valence-corrected chi connectivity index (χ2v) is 4.88. The molecule has 0 spiro atoms. The predicted molar refractivity (Wildman–Crippen MR) is 65.7 cm³/mol. The zero-order chi connectivity index (χ0) is 10.8. The first-order valence-corrected chi connectivity index (χ1v) is 6.33. The number of fused-ring (bicyclic) bond motifs is 1. The molecule has 2 aliphatic heterocycles. The van der Waals surface area contributed by atoms with Crippen molar-refractivity contribution in [2.45, 2.75) is 19.3 Å². The van der Waals surface area contributed by atoms with E-state index in [0.717, 1.165) is 18.9 Å². The molecule has 3 nitrogen and oxygen atoms in total. The van der Waals surface area contributed by atoms with E-state index in [0.29, 0.717) is 0 Å². The van der Waals surface area contributed by atoms with Crippen molar-refractivity contribution in [2.24, 2.45) is 5.92 Å². The molecule has 0 saturated carbocycles. The third-order valence-corrected chi connectivity index (χ3v) is 3.70. The molecule has 1 aromatic rings. The van der Waals surface area contributed by atoms with Crippen LogP contribution in [0.3, 0.4) is 0 Å². The standard InChI is InChI=1S/C13H19N3/c1-3-11(9-14-6-1)10-16-8-5-12-13(16)4-2-7-15-12/h2,4,7,11,14H,1,3,5-6,8-10H2. The van der Waals surface area contributed by atoms with Crippen LogP contribution in [0.15, 0.2) is 18.3 Å². The summed E-state index contributed by atoms with van der Waals surface area (Å²) in [6.45, 7) is 4.75. The summed E-state index contributed by atoms with van der Waals surface area (Å²) in [6.07, 6.45) is 5.73. The fraction of sp³-hybridized carbons (Fsp3) is 0.615. The SMILES string of the molecule is c1cnc2c(c1)N(CC1CCCNC1)CC2.